The number of hydrogen-bond acceptors (Lipinski definition) is 9. The van der Waals surface area contributed by atoms with Gasteiger partial charge in [-0.25, -0.2) is 4.79 Å². The monoisotopic (exact) mass is 512 g/mol. The second-order valence-corrected chi connectivity index (χ2v) is 11.2. The summed E-state index contributed by atoms with van der Waals surface area (Å²) in [4.78, 5) is 25.6. The summed E-state index contributed by atoms with van der Waals surface area (Å²) < 4.78 is 32.8. The number of rotatable bonds is 6. The van der Waals surface area contributed by atoms with E-state index in [1.165, 1.54) is 30.6 Å². The third-order valence-corrected chi connectivity index (χ3v) is 8.90. The highest BCUT2D eigenvalue weighted by Crippen LogP contribution is 2.39. The van der Waals surface area contributed by atoms with Gasteiger partial charge in [-0.15, -0.1) is 21.5 Å². The van der Waals surface area contributed by atoms with E-state index in [1.54, 1.807) is 12.1 Å². The summed E-state index contributed by atoms with van der Waals surface area (Å²) >= 11 is 7.74. The predicted octanol–water partition coefficient (Wildman–Crippen LogP) is 3.97. The molecule has 1 aliphatic rings. The summed E-state index contributed by atoms with van der Waals surface area (Å²) in [5, 5.41) is 10.7. The molecular formula is C19H17ClN4O5S3. The lowest BCUT2D eigenvalue weighted by atomic mass is 9.95. The van der Waals surface area contributed by atoms with Gasteiger partial charge in [0.05, 0.1) is 12.7 Å². The number of carbonyl (C=O) groups is 2. The van der Waals surface area contributed by atoms with E-state index in [2.05, 4.69) is 20.2 Å². The molecule has 168 valence electrons. The number of aromatic nitrogens is 2. The predicted molar refractivity (Wildman–Crippen MR) is 122 cm³/mol. The van der Waals surface area contributed by atoms with Crippen LogP contribution >= 0.6 is 34.3 Å². The molecule has 3 aromatic rings. The Kier molecular flexibility index (Phi) is 6.47. The van der Waals surface area contributed by atoms with Gasteiger partial charge < -0.3 is 4.74 Å². The SMILES string of the molecule is COC(=O)c1c(NS(=O)(=O)c2nnc(NC(=O)c3ccc(Cl)cc3)s2)sc2c1CCCC2. The molecule has 13 heteroatoms. The molecule has 9 nitrogen and oxygen atoms in total. The van der Waals surface area contributed by atoms with Crippen LogP contribution in [0, 0.1) is 0 Å². The number of esters is 1. The van der Waals surface area contributed by atoms with Crippen LogP contribution in [-0.4, -0.2) is 37.6 Å². The molecular weight excluding hydrogens is 496 g/mol. The molecule has 2 aromatic heterocycles. The fraction of sp³-hybridized carbons (Fsp3) is 0.263. The van der Waals surface area contributed by atoms with Gasteiger partial charge in [-0.2, -0.15) is 8.42 Å². The average molecular weight is 513 g/mol. The summed E-state index contributed by atoms with van der Waals surface area (Å²) in [7, 11) is -2.88. The summed E-state index contributed by atoms with van der Waals surface area (Å²) in [6.07, 6.45) is 3.38. The molecule has 1 aromatic carbocycles. The van der Waals surface area contributed by atoms with E-state index >= 15 is 0 Å². The molecule has 0 saturated carbocycles. The van der Waals surface area contributed by atoms with Gasteiger partial charge in [-0.1, -0.05) is 22.9 Å². The molecule has 2 N–H and O–H groups in total. The van der Waals surface area contributed by atoms with Crippen molar-refractivity contribution in [1.82, 2.24) is 10.2 Å². The topological polar surface area (TPSA) is 127 Å². The third-order valence-electron chi connectivity index (χ3n) is 4.75. The zero-order chi connectivity index (χ0) is 22.9. The number of thiophene rings is 1. The number of amides is 1. The van der Waals surface area contributed by atoms with Crippen LogP contribution in [0.1, 0.15) is 44.0 Å². The lowest BCUT2D eigenvalue weighted by Crippen LogP contribution is -2.15. The number of aryl methyl sites for hydroxylation is 1. The lowest BCUT2D eigenvalue weighted by molar-refractivity contribution is 0.0601. The van der Waals surface area contributed by atoms with Gasteiger partial charge in [-0.3, -0.25) is 14.8 Å². The van der Waals surface area contributed by atoms with Gasteiger partial charge in [0.1, 0.15) is 5.00 Å². The number of carbonyl (C=O) groups excluding carboxylic acids is 2. The minimum Gasteiger partial charge on any atom is -0.465 e. The van der Waals surface area contributed by atoms with Crippen LogP contribution < -0.4 is 10.0 Å². The second kappa shape index (κ2) is 9.14. The molecule has 0 fully saturated rings. The van der Waals surface area contributed by atoms with Crippen molar-refractivity contribution in [3.05, 3.63) is 50.9 Å². The first kappa shape index (κ1) is 22.6. The Bertz CT molecular complexity index is 1280. The number of fused-ring (bicyclic) bond motifs is 1. The Morgan fingerprint density at radius 1 is 1.09 bits per heavy atom. The van der Waals surface area contributed by atoms with Crippen molar-refractivity contribution in [2.45, 2.75) is 30.0 Å². The summed E-state index contributed by atoms with van der Waals surface area (Å²) in [6, 6.07) is 6.20. The number of nitrogens with zero attached hydrogens (tertiary/aromatic N) is 2. The summed E-state index contributed by atoms with van der Waals surface area (Å²) in [5.41, 5.74) is 1.41. The summed E-state index contributed by atoms with van der Waals surface area (Å²) in [6.45, 7) is 0. The molecule has 0 aliphatic heterocycles. The van der Waals surface area contributed by atoms with E-state index in [0.29, 0.717) is 28.3 Å². The minimum atomic E-state index is -4.13. The molecule has 32 heavy (non-hydrogen) atoms. The van der Waals surface area contributed by atoms with Crippen molar-refractivity contribution in [1.29, 1.82) is 0 Å². The van der Waals surface area contributed by atoms with Crippen LogP contribution in [0.2, 0.25) is 5.02 Å². The smallest absolute Gasteiger partial charge is 0.341 e. The van der Waals surface area contributed by atoms with E-state index in [0.717, 1.165) is 29.7 Å². The highest BCUT2D eigenvalue weighted by molar-refractivity contribution is 7.94. The van der Waals surface area contributed by atoms with E-state index < -0.39 is 21.9 Å². The Hall–Kier alpha value is -2.54. The van der Waals surface area contributed by atoms with Crippen LogP contribution in [0.25, 0.3) is 0 Å². The number of ether oxygens (including phenoxy) is 1. The maximum absolute atomic E-state index is 12.9. The molecule has 0 saturated heterocycles. The van der Waals surface area contributed by atoms with Crippen LogP contribution in [0.5, 0.6) is 0 Å². The fourth-order valence-corrected chi connectivity index (χ4v) is 6.87. The highest BCUT2D eigenvalue weighted by atomic mass is 35.5. The van der Waals surface area contributed by atoms with Gasteiger partial charge in [0, 0.05) is 15.5 Å². The van der Waals surface area contributed by atoms with Gasteiger partial charge in [0.15, 0.2) is 0 Å². The zero-order valence-electron chi connectivity index (χ0n) is 16.7. The van der Waals surface area contributed by atoms with Crippen molar-refractivity contribution in [3.63, 3.8) is 0 Å². The normalized spacial score (nSPS) is 13.3. The quantitative estimate of drug-likeness (QED) is 0.377. The number of benzene rings is 1. The highest BCUT2D eigenvalue weighted by Gasteiger charge is 2.30. The maximum atomic E-state index is 12.9. The molecule has 1 aliphatic carbocycles. The molecule has 0 atom stereocenters. The van der Waals surface area contributed by atoms with E-state index in [4.69, 9.17) is 16.3 Å². The molecule has 0 bridgehead atoms. The average Bonchev–Trinajstić information content (AvgIpc) is 3.38. The first-order valence-electron chi connectivity index (χ1n) is 9.44. The van der Waals surface area contributed by atoms with Gasteiger partial charge in [0.2, 0.25) is 5.13 Å². The Morgan fingerprint density at radius 2 is 1.81 bits per heavy atom. The largest absolute Gasteiger partial charge is 0.465 e. The van der Waals surface area contributed by atoms with Crippen molar-refractivity contribution in [3.8, 4) is 0 Å². The Labute approximate surface area is 196 Å². The second-order valence-electron chi connectivity index (χ2n) is 6.85. The molecule has 0 unspecified atom stereocenters. The lowest BCUT2D eigenvalue weighted by Gasteiger charge is -2.11. The van der Waals surface area contributed by atoms with Crippen LogP contribution in [0.15, 0.2) is 28.6 Å². The molecule has 4 rings (SSSR count). The number of sulfonamides is 1. The molecule has 0 radical (unpaired) electrons. The van der Waals surface area contributed by atoms with E-state index in [1.807, 2.05) is 0 Å². The Morgan fingerprint density at radius 3 is 2.53 bits per heavy atom. The third kappa shape index (κ3) is 4.63. The summed E-state index contributed by atoms with van der Waals surface area (Å²) in [5.74, 6) is -1.07. The number of nitrogens with one attached hydrogen (secondary N) is 2. The van der Waals surface area contributed by atoms with Crippen molar-refractivity contribution < 1.29 is 22.7 Å². The fourth-order valence-electron chi connectivity index (χ4n) is 3.26. The van der Waals surface area contributed by atoms with Crippen LogP contribution in [0.3, 0.4) is 0 Å². The van der Waals surface area contributed by atoms with E-state index in [9.17, 15) is 18.0 Å². The van der Waals surface area contributed by atoms with Gasteiger partial charge in [-0.05, 0) is 55.5 Å². The number of halogens is 1. The van der Waals surface area contributed by atoms with Crippen LogP contribution in [-0.2, 0) is 27.6 Å². The van der Waals surface area contributed by atoms with Gasteiger partial charge in [0.25, 0.3) is 20.3 Å². The number of anilines is 2. The first-order chi connectivity index (χ1) is 15.3. The minimum absolute atomic E-state index is 0.0176. The zero-order valence-corrected chi connectivity index (χ0v) is 19.9. The van der Waals surface area contributed by atoms with Crippen LogP contribution in [0.4, 0.5) is 10.1 Å². The standard InChI is InChI=1S/C19H17ClN4O5S3/c1-29-17(26)14-12-4-2-3-5-13(12)30-16(14)24-32(27,28)19-23-22-18(31-19)21-15(25)10-6-8-11(20)9-7-10/h6-9,24H,2-5H2,1H3,(H,21,22,25). The van der Waals surface area contributed by atoms with Crippen molar-refractivity contribution in [2.24, 2.45) is 0 Å². The van der Waals surface area contributed by atoms with Gasteiger partial charge >= 0.3 is 5.97 Å². The molecule has 1 amide bonds. The maximum Gasteiger partial charge on any atom is 0.341 e. The van der Waals surface area contributed by atoms with Crippen molar-refractivity contribution in [2.75, 3.05) is 17.1 Å². The first-order valence-corrected chi connectivity index (χ1v) is 12.9. The van der Waals surface area contributed by atoms with Crippen molar-refractivity contribution >= 4 is 66.3 Å². The molecule has 2 heterocycles. The van der Waals surface area contributed by atoms with E-state index in [-0.39, 0.29) is 20.0 Å². The Balaban J connectivity index is 1.56. The number of hydrogen-bond donors (Lipinski definition) is 2. The molecule has 0 spiro atoms. The number of methoxy groups -OCH3 is 1.